The van der Waals surface area contributed by atoms with E-state index in [1.807, 2.05) is 6.07 Å². The van der Waals surface area contributed by atoms with Gasteiger partial charge in [0.25, 0.3) is 0 Å². The van der Waals surface area contributed by atoms with Gasteiger partial charge in [-0.25, -0.2) is 0 Å². The molecule has 1 radical (unpaired) electrons. The molecule has 73 valence electrons. The second kappa shape index (κ2) is 3.01. The van der Waals surface area contributed by atoms with Crippen LogP contribution in [0, 0.1) is 6.07 Å². The Labute approximate surface area is 85.7 Å². The van der Waals surface area contributed by atoms with Gasteiger partial charge in [0.1, 0.15) is 0 Å². The van der Waals surface area contributed by atoms with E-state index in [0.717, 1.165) is 12.0 Å². The first kappa shape index (κ1) is 8.34. The monoisotopic (exact) mass is 186 g/mol. The normalized spacial score (nSPS) is 29.9. The van der Waals surface area contributed by atoms with Gasteiger partial charge in [0.2, 0.25) is 0 Å². The molecule has 14 heavy (non-hydrogen) atoms. The fraction of sp³-hybridized carbons (Fsp3) is 0.538. The maximum absolute atomic E-state index is 3.22. The third kappa shape index (κ3) is 1.01. The van der Waals surface area contributed by atoms with Crippen molar-refractivity contribution in [2.24, 2.45) is 0 Å². The maximum Gasteiger partial charge on any atom is 0.0402 e. The number of hydrogen-bond donors (Lipinski definition) is 0. The van der Waals surface area contributed by atoms with Gasteiger partial charge >= 0.3 is 0 Å². The highest BCUT2D eigenvalue weighted by Crippen LogP contribution is 2.46. The lowest BCUT2D eigenvalue weighted by molar-refractivity contribution is 0.396. The number of hydrogen-bond acceptors (Lipinski definition) is 1. The van der Waals surface area contributed by atoms with Gasteiger partial charge in [-0.05, 0) is 36.6 Å². The third-order valence-corrected chi connectivity index (χ3v) is 3.88. The molecule has 0 saturated heterocycles. The van der Waals surface area contributed by atoms with Crippen LogP contribution in [0.3, 0.4) is 0 Å². The standard InChI is InChI=1S/C13H16N/c1-14-12-8-4-2-6-10(12)11-7-3-5-9-13(11)14/h5,7,9-10,12H,2,4,6,8H2,1H3. The van der Waals surface area contributed by atoms with Crippen molar-refractivity contribution >= 4 is 5.69 Å². The molecule has 1 aliphatic heterocycles. The van der Waals surface area contributed by atoms with Crippen LogP contribution in [0.5, 0.6) is 0 Å². The SMILES string of the molecule is CN1c2cc[c]cc2C2CCCCC21. The van der Waals surface area contributed by atoms with Crippen molar-refractivity contribution in [2.45, 2.75) is 37.6 Å². The Morgan fingerprint density at radius 2 is 2.21 bits per heavy atom. The molecule has 0 aromatic heterocycles. The molecule has 0 spiro atoms. The summed E-state index contributed by atoms with van der Waals surface area (Å²) in [6.45, 7) is 0. The van der Waals surface area contributed by atoms with E-state index in [-0.39, 0.29) is 0 Å². The van der Waals surface area contributed by atoms with Crippen molar-refractivity contribution in [3.05, 3.63) is 29.8 Å². The minimum absolute atomic E-state index is 0.773. The molecule has 1 aromatic carbocycles. The van der Waals surface area contributed by atoms with Crippen molar-refractivity contribution in [1.82, 2.24) is 0 Å². The van der Waals surface area contributed by atoms with Crippen LogP contribution < -0.4 is 4.90 Å². The van der Waals surface area contributed by atoms with Crippen LogP contribution >= 0.6 is 0 Å². The summed E-state index contributed by atoms with van der Waals surface area (Å²) < 4.78 is 0. The van der Waals surface area contributed by atoms with E-state index in [1.165, 1.54) is 31.4 Å². The zero-order valence-corrected chi connectivity index (χ0v) is 8.66. The molecular formula is C13H16N. The maximum atomic E-state index is 3.22. The fourth-order valence-electron chi connectivity index (χ4n) is 3.17. The summed E-state index contributed by atoms with van der Waals surface area (Å²) in [6, 6.07) is 10.4. The first-order valence-electron chi connectivity index (χ1n) is 5.61. The lowest BCUT2D eigenvalue weighted by Gasteiger charge is -2.30. The van der Waals surface area contributed by atoms with E-state index in [1.54, 1.807) is 5.56 Å². The Bertz CT molecular complexity index is 345. The summed E-state index contributed by atoms with van der Waals surface area (Å²) in [6.07, 6.45) is 5.56. The van der Waals surface area contributed by atoms with Crippen molar-refractivity contribution in [3.8, 4) is 0 Å². The van der Waals surface area contributed by atoms with E-state index in [9.17, 15) is 0 Å². The third-order valence-electron chi connectivity index (χ3n) is 3.88. The summed E-state index contributed by atoms with van der Waals surface area (Å²) in [5, 5.41) is 0. The average Bonchev–Trinajstić information content (AvgIpc) is 2.55. The number of fused-ring (bicyclic) bond motifs is 3. The molecule has 0 bridgehead atoms. The highest BCUT2D eigenvalue weighted by molar-refractivity contribution is 5.61. The summed E-state index contributed by atoms with van der Waals surface area (Å²) >= 11 is 0. The van der Waals surface area contributed by atoms with Crippen LogP contribution in [0.4, 0.5) is 5.69 Å². The van der Waals surface area contributed by atoms with Gasteiger partial charge in [-0.2, -0.15) is 0 Å². The van der Waals surface area contributed by atoms with Gasteiger partial charge < -0.3 is 4.90 Å². The van der Waals surface area contributed by atoms with Crippen LogP contribution in [-0.2, 0) is 0 Å². The highest BCUT2D eigenvalue weighted by Gasteiger charge is 2.37. The minimum Gasteiger partial charge on any atom is -0.371 e. The molecule has 2 unspecified atom stereocenters. The molecule has 1 saturated carbocycles. The van der Waals surface area contributed by atoms with E-state index in [2.05, 4.69) is 30.1 Å². The lowest BCUT2D eigenvalue weighted by Crippen LogP contribution is -2.32. The van der Waals surface area contributed by atoms with Gasteiger partial charge in [0.15, 0.2) is 0 Å². The minimum atomic E-state index is 0.773. The molecule has 0 amide bonds. The van der Waals surface area contributed by atoms with E-state index in [4.69, 9.17) is 0 Å². The summed E-state index contributed by atoms with van der Waals surface area (Å²) in [5.74, 6) is 0.793. The predicted molar refractivity (Wildman–Crippen MR) is 58.7 cm³/mol. The molecule has 3 rings (SSSR count). The molecule has 1 aliphatic carbocycles. The number of likely N-dealkylation sites (N-methyl/N-ethyl adjacent to an activating group) is 1. The van der Waals surface area contributed by atoms with E-state index >= 15 is 0 Å². The Kier molecular flexibility index (Phi) is 1.79. The lowest BCUT2D eigenvalue weighted by atomic mass is 9.82. The smallest absolute Gasteiger partial charge is 0.0402 e. The molecule has 1 heteroatoms. The quantitative estimate of drug-likeness (QED) is 0.602. The Morgan fingerprint density at radius 3 is 3.14 bits per heavy atom. The Hall–Kier alpha value is -0.980. The van der Waals surface area contributed by atoms with Crippen LogP contribution in [0.15, 0.2) is 18.2 Å². The molecule has 2 atom stereocenters. The first-order chi connectivity index (χ1) is 6.88. The first-order valence-corrected chi connectivity index (χ1v) is 5.61. The molecule has 1 fully saturated rings. The van der Waals surface area contributed by atoms with Gasteiger partial charge in [-0.1, -0.05) is 18.9 Å². The molecule has 1 aromatic rings. The Balaban J connectivity index is 2.06. The number of nitrogens with zero attached hydrogens (tertiary/aromatic N) is 1. The summed E-state index contributed by atoms with van der Waals surface area (Å²) in [5.41, 5.74) is 2.99. The second-order valence-electron chi connectivity index (χ2n) is 4.55. The van der Waals surface area contributed by atoms with E-state index < -0.39 is 0 Å². The van der Waals surface area contributed by atoms with Crippen molar-refractivity contribution in [1.29, 1.82) is 0 Å². The summed E-state index contributed by atoms with van der Waals surface area (Å²) in [7, 11) is 2.24. The van der Waals surface area contributed by atoms with Crippen molar-refractivity contribution in [3.63, 3.8) is 0 Å². The van der Waals surface area contributed by atoms with Crippen LogP contribution in [0.2, 0.25) is 0 Å². The molecular weight excluding hydrogens is 170 g/mol. The molecule has 1 nitrogen and oxygen atoms in total. The molecule has 2 aliphatic rings. The van der Waals surface area contributed by atoms with Crippen LogP contribution in [0.25, 0.3) is 0 Å². The molecule has 0 N–H and O–H groups in total. The van der Waals surface area contributed by atoms with Gasteiger partial charge in [0, 0.05) is 24.7 Å². The van der Waals surface area contributed by atoms with Gasteiger partial charge in [0.05, 0.1) is 0 Å². The van der Waals surface area contributed by atoms with Crippen LogP contribution in [-0.4, -0.2) is 13.1 Å². The number of rotatable bonds is 0. The highest BCUT2D eigenvalue weighted by atomic mass is 15.2. The summed E-state index contributed by atoms with van der Waals surface area (Å²) in [4.78, 5) is 2.48. The molecule has 1 heterocycles. The Morgan fingerprint density at radius 1 is 1.36 bits per heavy atom. The zero-order valence-electron chi connectivity index (χ0n) is 8.66. The number of anilines is 1. The predicted octanol–water partition coefficient (Wildman–Crippen LogP) is 2.96. The van der Waals surface area contributed by atoms with Gasteiger partial charge in [-0.15, -0.1) is 0 Å². The second-order valence-corrected chi connectivity index (χ2v) is 4.55. The van der Waals surface area contributed by atoms with Crippen LogP contribution in [0.1, 0.15) is 37.2 Å². The average molecular weight is 186 g/mol. The zero-order chi connectivity index (χ0) is 9.54. The van der Waals surface area contributed by atoms with Crippen molar-refractivity contribution in [2.75, 3.05) is 11.9 Å². The van der Waals surface area contributed by atoms with Crippen molar-refractivity contribution < 1.29 is 0 Å². The van der Waals surface area contributed by atoms with E-state index in [0.29, 0.717) is 0 Å². The fourth-order valence-corrected chi connectivity index (χ4v) is 3.17. The topological polar surface area (TPSA) is 3.24 Å². The number of benzene rings is 1. The van der Waals surface area contributed by atoms with Gasteiger partial charge in [-0.3, -0.25) is 0 Å². The largest absolute Gasteiger partial charge is 0.371 e.